The highest BCUT2D eigenvalue weighted by Gasteiger charge is 2.30. The number of hydrogen-bond acceptors (Lipinski definition) is 15. The van der Waals surface area contributed by atoms with Crippen molar-refractivity contribution in [2.24, 2.45) is 17.8 Å². The molecule has 0 rings (SSSR count). The molecule has 0 spiro atoms. The van der Waals surface area contributed by atoms with E-state index in [0.717, 1.165) is 108 Å². The number of hydrogen-bond donors (Lipinski definition) is 3. The minimum absolute atomic E-state index is 0.105. The third kappa shape index (κ3) is 74.7. The van der Waals surface area contributed by atoms with Crippen molar-refractivity contribution < 1.29 is 80.2 Å². The molecule has 0 aromatic heterocycles. The average molecular weight is 1480 g/mol. The fraction of sp³-hybridized carbons (Fsp3) is 0.951. The number of ether oxygens (including phenoxy) is 4. The van der Waals surface area contributed by atoms with Crippen LogP contribution >= 0.6 is 15.6 Å². The maximum atomic E-state index is 13.1. The Balaban J connectivity index is 5.20. The molecule has 0 saturated carbocycles. The Morgan fingerprint density at radius 1 is 0.287 bits per heavy atom. The molecule has 0 aliphatic heterocycles. The van der Waals surface area contributed by atoms with Gasteiger partial charge in [0.1, 0.15) is 19.3 Å². The highest BCUT2D eigenvalue weighted by molar-refractivity contribution is 7.47. The number of aliphatic hydroxyl groups is 1. The third-order valence-electron chi connectivity index (χ3n) is 19.5. The van der Waals surface area contributed by atoms with Crippen LogP contribution in [0.25, 0.3) is 0 Å². The number of rotatable bonds is 80. The van der Waals surface area contributed by atoms with E-state index in [0.29, 0.717) is 25.7 Å². The van der Waals surface area contributed by atoms with Crippen LogP contribution in [-0.2, 0) is 65.4 Å². The van der Waals surface area contributed by atoms with Gasteiger partial charge in [0, 0.05) is 25.7 Å². The van der Waals surface area contributed by atoms with E-state index in [1.54, 1.807) is 0 Å². The predicted molar refractivity (Wildman–Crippen MR) is 414 cm³/mol. The summed E-state index contributed by atoms with van der Waals surface area (Å²) in [6, 6.07) is 0. The van der Waals surface area contributed by atoms with Crippen LogP contribution in [0.15, 0.2) is 0 Å². The Labute approximate surface area is 619 Å². The van der Waals surface area contributed by atoms with Gasteiger partial charge in [0.15, 0.2) is 12.2 Å². The first-order valence-corrected chi connectivity index (χ1v) is 45.4. The van der Waals surface area contributed by atoms with Crippen LogP contribution in [0.2, 0.25) is 0 Å². The molecule has 0 aromatic carbocycles. The third-order valence-corrected chi connectivity index (χ3v) is 21.4. The fourth-order valence-corrected chi connectivity index (χ4v) is 14.2. The number of aliphatic hydroxyl groups excluding tert-OH is 1. The van der Waals surface area contributed by atoms with Gasteiger partial charge in [-0.15, -0.1) is 0 Å². The van der Waals surface area contributed by atoms with Crippen LogP contribution in [0.3, 0.4) is 0 Å². The van der Waals surface area contributed by atoms with E-state index >= 15 is 0 Å². The van der Waals surface area contributed by atoms with Gasteiger partial charge < -0.3 is 33.8 Å². The van der Waals surface area contributed by atoms with E-state index < -0.39 is 97.5 Å². The van der Waals surface area contributed by atoms with Crippen LogP contribution in [0.4, 0.5) is 0 Å². The van der Waals surface area contributed by atoms with Crippen molar-refractivity contribution in [1.82, 2.24) is 0 Å². The summed E-state index contributed by atoms with van der Waals surface area (Å²) < 4.78 is 68.7. The molecule has 101 heavy (non-hydrogen) atoms. The van der Waals surface area contributed by atoms with E-state index in [4.69, 9.17) is 37.0 Å². The van der Waals surface area contributed by atoms with Crippen molar-refractivity contribution in [3.05, 3.63) is 0 Å². The zero-order chi connectivity index (χ0) is 74.4. The van der Waals surface area contributed by atoms with Crippen LogP contribution in [0.1, 0.15) is 427 Å². The van der Waals surface area contributed by atoms with Gasteiger partial charge in [0.2, 0.25) is 0 Å². The summed E-state index contributed by atoms with van der Waals surface area (Å²) >= 11 is 0. The van der Waals surface area contributed by atoms with Gasteiger partial charge in [-0.25, -0.2) is 9.13 Å². The first-order valence-electron chi connectivity index (χ1n) is 42.4. The minimum atomic E-state index is -4.96. The van der Waals surface area contributed by atoms with Gasteiger partial charge in [-0.05, 0) is 43.4 Å². The molecular formula is C82H160O17P2. The number of unbranched alkanes of at least 4 members (excludes halogenated alkanes) is 47. The van der Waals surface area contributed by atoms with E-state index in [1.165, 1.54) is 238 Å². The van der Waals surface area contributed by atoms with Gasteiger partial charge in [0.05, 0.1) is 26.4 Å². The Morgan fingerprint density at radius 2 is 0.505 bits per heavy atom. The molecule has 600 valence electrons. The first-order chi connectivity index (χ1) is 48.8. The summed E-state index contributed by atoms with van der Waals surface area (Å²) in [4.78, 5) is 73.0. The first kappa shape index (κ1) is 99.1. The lowest BCUT2D eigenvalue weighted by atomic mass is 9.99. The van der Waals surface area contributed by atoms with E-state index in [2.05, 4.69) is 48.5 Å². The number of carbonyl (C=O) groups excluding carboxylic acids is 4. The second-order valence-corrected chi connectivity index (χ2v) is 33.6. The maximum Gasteiger partial charge on any atom is 0.472 e. The molecule has 0 saturated heterocycles. The SMILES string of the molecule is CCCCCCCCCCCC(=O)OC[C@H](COP(=O)(O)OC[C@H](O)COP(=O)(O)OC[C@@H](COC(=O)CCCCCCCCCCCCCCCCCCC(C)C)OC(=O)CCCCCCCCCCCCCCCCCCCCC(C)C)OC(=O)CCCCCCCCCCC(C)CC. The molecular weight excluding hydrogens is 1320 g/mol. The van der Waals surface area contributed by atoms with Gasteiger partial charge in [-0.3, -0.25) is 37.3 Å². The molecule has 0 aliphatic rings. The minimum Gasteiger partial charge on any atom is -0.462 e. The summed E-state index contributed by atoms with van der Waals surface area (Å²) in [6.45, 7) is 12.0. The standard InChI is InChI=1S/C82H160O17P2/c1-8-10-11-12-13-32-42-49-56-63-79(84)92-69-78(99-82(87)66-59-52-45-38-37-41-48-55-62-75(7)9-2)72-97-101(90,91)95-68-76(83)67-94-100(88,89)96-71-77(70-93-80(85)64-57-50-43-35-30-26-22-19-18-21-25-29-34-40-47-54-61-74(5)6)98-81(86)65-58-51-44-36-31-27-23-17-15-14-16-20-24-28-33-39-46-53-60-73(3)4/h73-78,83H,8-72H2,1-7H3,(H,88,89)(H,90,91)/t75?,76-,77-,78-/m1/s1. The summed E-state index contributed by atoms with van der Waals surface area (Å²) in [5, 5.41) is 10.6. The fourth-order valence-electron chi connectivity index (χ4n) is 12.6. The summed E-state index contributed by atoms with van der Waals surface area (Å²) in [7, 11) is -9.92. The van der Waals surface area contributed by atoms with Crippen molar-refractivity contribution in [3.63, 3.8) is 0 Å². The van der Waals surface area contributed by atoms with Crippen LogP contribution in [0.5, 0.6) is 0 Å². The van der Waals surface area contributed by atoms with Gasteiger partial charge in [-0.1, -0.05) is 376 Å². The summed E-state index contributed by atoms with van der Waals surface area (Å²) in [5.41, 5.74) is 0. The molecule has 0 radical (unpaired) electrons. The highest BCUT2D eigenvalue weighted by atomic mass is 31.2. The predicted octanol–water partition coefficient (Wildman–Crippen LogP) is 24.5. The normalized spacial score (nSPS) is 14.2. The Kier molecular flexibility index (Phi) is 70.9. The molecule has 0 aromatic rings. The van der Waals surface area contributed by atoms with Crippen LogP contribution in [-0.4, -0.2) is 96.7 Å². The van der Waals surface area contributed by atoms with Crippen molar-refractivity contribution in [1.29, 1.82) is 0 Å². The van der Waals surface area contributed by atoms with Crippen LogP contribution < -0.4 is 0 Å². The molecule has 17 nitrogen and oxygen atoms in total. The molecule has 0 bridgehead atoms. The van der Waals surface area contributed by atoms with Gasteiger partial charge in [-0.2, -0.15) is 0 Å². The largest absolute Gasteiger partial charge is 0.472 e. The van der Waals surface area contributed by atoms with Crippen LogP contribution in [0, 0.1) is 17.8 Å². The number of phosphoric ester groups is 2. The second kappa shape index (κ2) is 72.3. The lowest BCUT2D eigenvalue weighted by Crippen LogP contribution is -2.30. The smallest absolute Gasteiger partial charge is 0.462 e. The average Bonchev–Trinajstić information content (AvgIpc) is 0.971. The zero-order valence-corrected chi connectivity index (χ0v) is 68.2. The molecule has 3 N–H and O–H groups in total. The molecule has 0 heterocycles. The van der Waals surface area contributed by atoms with E-state index in [1.807, 2.05) is 0 Å². The topological polar surface area (TPSA) is 237 Å². The quantitative estimate of drug-likeness (QED) is 0.0222. The highest BCUT2D eigenvalue weighted by Crippen LogP contribution is 2.45. The van der Waals surface area contributed by atoms with E-state index in [-0.39, 0.29) is 25.7 Å². The molecule has 19 heteroatoms. The van der Waals surface area contributed by atoms with Gasteiger partial charge in [0.25, 0.3) is 0 Å². The Hall–Kier alpha value is -1.94. The molecule has 6 atom stereocenters. The molecule has 0 fully saturated rings. The molecule has 0 amide bonds. The van der Waals surface area contributed by atoms with Crippen molar-refractivity contribution in [2.45, 2.75) is 446 Å². The number of esters is 4. The Bertz CT molecular complexity index is 1960. The zero-order valence-electron chi connectivity index (χ0n) is 66.4. The number of phosphoric acid groups is 2. The summed E-state index contributed by atoms with van der Waals surface area (Å²) in [6.07, 6.45) is 61.1. The molecule has 3 unspecified atom stereocenters. The molecule has 0 aliphatic carbocycles. The number of carbonyl (C=O) groups is 4. The second-order valence-electron chi connectivity index (χ2n) is 30.7. The van der Waals surface area contributed by atoms with Gasteiger partial charge >= 0.3 is 39.5 Å². The van der Waals surface area contributed by atoms with Crippen molar-refractivity contribution in [2.75, 3.05) is 39.6 Å². The van der Waals surface area contributed by atoms with E-state index in [9.17, 15) is 43.2 Å². The van der Waals surface area contributed by atoms with Crippen molar-refractivity contribution >= 4 is 39.5 Å². The Morgan fingerprint density at radius 3 is 0.752 bits per heavy atom. The lowest BCUT2D eigenvalue weighted by Gasteiger charge is -2.21. The monoisotopic (exact) mass is 1480 g/mol. The summed E-state index contributed by atoms with van der Waals surface area (Å²) in [5.74, 6) is 0.290. The van der Waals surface area contributed by atoms with Crippen molar-refractivity contribution in [3.8, 4) is 0 Å². The maximum absolute atomic E-state index is 13.1. The lowest BCUT2D eigenvalue weighted by molar-refractivity contribution is -0.161.